The predicted molar refractivity (Wildman–Crippen MR) is 75.8 cm³/mol. The molecule has 0 atom stereocenters. The van der Waals surface area contributed by atoms with Crippen molar-refractivity contribution in [1.29, 1.82) is 0 Å². The molecule has 0 bridgehead atoms. The van der Waals surface area contributed by atoms with Crippen LogP contribution in [-0.2, 0) is 0 Å². The Labute approximate surface area is 107 Å². The van der Waals surface area contributed by atoms with E-state index in [-0.39, 0.29) is 0 Å². The van der Waals surface area contributed by atoms with Gasteiger partial charge in [0.15, 0.2) is 0 Å². The Morgan fingerprint density at radius 1 is 1.06 bits per heavy atom. The average Bonchev–Trinajstić information content (AvgIpc) is 2.44. The number of rotatable bonds is 5. The quantitative estimate of drug-likeness (QED) is 0.569. The maximum Gasteiger partial charge on any atom is 0.120 e. The summed E-state index contributed by atoms with van der Waals surface area (Å²) in [4.78, 5) is 4.40. The number of aliphatic imine (C=N–C) groups is 1. The van der Waals surface area contributed by atoms with Crippen LogP contribution in [0.5, 0.6) is 5.75 Å². The Kier molecular flexibility index (Phi) is 4.31. The molecule has 2 rings (SSSR count). The van der Waals surface area contributed by atoms with Gasteiger partial charge >= 0.3 is 0 Å². The smallest absolute Gasteiger partial charge is 0.120 e. The minimum absolute atomic E-state index is 0.513. The molecule has 0 saturated carbocycles. The average molecular weight is 237 g/mol. The largest absolute Gasteiger partial charge is 0.490 e. The van der Waals surface area contributed by atoms with Gasteiger partial charge < -0.3 is 4.74 Å². The first-order valence-corrected chi connectivity index (χ1v) is 5.81. The number of nitrogens with zero attached hydrogens (tertiary/aromatic N) is 1. The normalized spacial score (nSPS) is 10.4. The Balaban J connectivity index is 2.09. The molecule has 2 heteroatoms. The maximum absolute atomic E-state index is 5.47. The zero-order chi connectivity index (χ0) is 12.6. The minimum Gasteiger partial charge on any atom is -0.490 e. The van der Waals surface area contributed by atoms with E-state index in [1.807, 2.05) is 60.8 Å². The molecule has 18 heavy (non-hydrogen) atoms. The Morgan fingerprint density at radius 3 is 2.67 bits per heavy atom. The second-order valence-corrected chi connectivity index (χ2v) is 3.77. The second kappa shape index (κ2) is 6.40. The topological polar surface area (TPSA) is 21.6 Å². The summed E-state index contributed by atoms with van der Waals surface area (Å²) >= 11 is 0. The van der Waals surface area contributed by atoms with E-state index in [1.54, 1.807) is 6.08 Å². The fourth-order valence-corrected chi connectivity index (χ4v) is 1.50. The second-order valence-electron chi connectivity index (χ2n) is 3.77. The van der Waals surface area contributed by atoms with Crippen molar-refractivity contribution >= 4 is 11.9 Å². The third-order valence-electron chi connectivity index (χ3n) is 2.34. The number of hydrogen-bond donors (Lipinski definition) is 0. The van der Waals surface area contributed by atoms with Crippen molar-refractivity contribution in [2.45, 2.75) is 0 Å². The molecule has 90 valence electrons. The SMILES string of the molecule is C=CCOc1cccc(C=Nc2ccccc2)c1. The predicted octanol–water partition coefficient (Wildman–Crippen LogP) is 4.00. The molecular weight excluding hydrogens is 222 g/mol. The summed E-state index contributed by atoms with van der Waals surface area (Å²) in [6.45, 7) is 4.14. The van der Waals surface area contributed by atoms with Crippen molar-refractivity contribution < 1.29 is 4.74 Å². The third kappa shape index (κ3) is 3.59. The summed E-state index contributed by atoms with van der Waals surface area (Å²) in [5, 5.41) is 0. The van der Waals surface area contributed by atoms with Crippen molar-refractivity contribution in [2.75, 3.05) is 6.61 Å². The van der Waals surface area contributed by atoms with E-state index in [2.05, 4.69) is 11.6 Å². The molecule has 2 aromatic rings. The van der Waals surface area contributed by atoms with Crippen LogP contribution in [0.1, 0.15) is 5.56 Å². The molecule has 0 spiro atoms. The van der Waals surface area contributed by atoms with Gasteiger partial charge in [-0.15, -0.1) is 0 Å². The molecule has 0 radical (unpaired) electrons. The first kappa shape index (κ1) is 12.1. The molecule has 2 aromatic carbocycles. The van der Waals surface area contributed by atoms with Crippen molar-refractivity contribution in [3.8, 4) is 5.75 Å². The number of ether oxygens (including phenoxy) is 1. The molecule has 0 saturated heterocycles. The fourth-order valence-electron chi connectivity index (χ4n) is 1.50. The molecule has 2 nitrogen and oxygen atoms in total. The van der Waals surface area contributed by atoms with Crippen molar-refractivity contribution in [3.63, 3.8) is 0 Å². The standard InChI is InChI=1S/C16H15NO/c1-2-11-18-16-10-6-7-14(12-16)13-17-15-8-4-3-5-9-15/h2-10,12-13H,1,11H2. The van der Waals surface area contributed by atoms with Crippen LogP contribution in [0.2, 0.25) is 0 Å². The highest BCUT2D eigenvalue weighted by Crippen LogP contribution is 2.14. The zero-order valence-corrected chi connectivity index (χ0v) is 10.1. The lowest BCUT2D eigenvalue weighted by Crippen LogP contribution is -1.93. The third-order valence-corrected chi connectivity index (χ3v) is 2.34. The maximum atomic E-state index is 5.47. The van der Waals surface area contributed by atoms with Crippen LogP contribution >= 0.6 is 0 Å². The van der Waals surface area contributed by atoms with E-state index in [0.29, 0.717) is 6.61 Å². The highest BCUT2D eigenvalue weighted by Gasteiger charge is 1.93. The lowest BCUT2D eigenvalue weighted by molar-refractivity contribution is 0.363. The van der Waals surface area contributed by atoms with Crippen LogP contribution in [0.25, 0.3) is 0 Å². The monoisotopic (exact) mass is 237 g/mol. The summed E-state index contributed by atoms with van der Waals surface area (Å²) < 4.78 is 5.47. The Hall–Kier alpha value is -2.35. The van der Waals surface area contributed by atoms with E-state index in [4.69, 9.17) is 4.74 Å². The number of para-hydroxylation sites is 1. The fraction of sp³-hybridized carbons (Fsp3) is 0.0625. The first-order chi connectivity index (χ1) is 8.88. The van der Waals surface area contributed by atoms with Crippen molar-refractivity contribution in [3.05, 3.63) is 72.8 Å². The molecule has 0 heterocycles. The summed E-state index contributed by atoms with van der Waals surface area (Å²) in [6, 6.07) is 17.7. The Bertz CT molecular complexity index is 532. The van der Waals surface area contributed by atoms with Gasteiger partial charge in [0, 0.05) is 6.21 Å². The van der Waals surface area contributed by atoms with E-state index in [9.17, 15) is 0 Å². The highest BCUT2D eigenvalue weighted by atomic mass is 16.5. The van der Waals surface area contributed by atoms with Crippen LogP contribution in [0.3, 0.4) is 0 Å². The Morgan fingerprint density at radius 2 is 1.89 bits per heavy atom. The van der Waals surface area contributed by atoms with Gasteiger partial charge in [-0.2, -0.15) is 0 Å². The molecular formula is C16H15NO. The van der Waals surface area contributed by atoms with Crippen LogP contribution in [0.4, 0.5) is 5.69 Å². The highest BCUT2D eigenvalue weighted by molar-refractivity contribution is 5.82. The zero-order valence-electron chi connectivity index (χ0n) is 10.1. The summed E-state index contributed by atoms with van der Waals surface area (Å²) in [7, 11) is 0. The molecule has 0 N–H and O–H groups in total. The first-order valence-electron chi connectivity index (χ1n) is 5.81. The lowest BCUT2D eigenvalue weighted by Gasteiger charge is -2.03. The van der Waals surface area contributed by atoms with Gasteiger partial charge in [0.05, 0.1) is 5.69 Å². The minimum atomic E-state index is 0.513. The van der Waals surface area contributed by atoms with Gasteiger partial charge in [0.2, 0.25) is 0 Å². The van der Waals surface area contributed by atoms with Gasteiger partial charge in [-0.25, -0.2) is 0 Å². The number of hydrogen-bond acceptors (Lipinski definition) is 2. The summed E-state index contributed by atoms with van der Waals surface area (Å²) in [6.07, 6.45) is 3.56. The molecule has 0 aromatic heterocycles. The summed E-state index contributed by atoms with van der Waals surface area (Å²) in [5.74, 6) is 0.826. The van der Waals surface area contributed by atoms with Gasteiger partial charge in [-0.3, -0.25) is 4.99 Å². The van der Waals surface area contributed by atoms with Crippen LogP contribution in [0.15, 0.2) is 72.2 Å². The van der Waals surface area contributed by atoms with E-state index < -0.39 is 0 Å². The molecule has 0 aliphatic rings. The van der Waals surface area contributed by atoms with Gasteiger partial charge in [-0.05, 0) is 29.8 Å². The molecule has 0 aliphatic heterocycles. The summed E-state index contributed by atoms with van der Waals surface area (Å²) in [5.41, 5.74) is 1.95. The van der Waals surface area contributed by atoms with Gasteiger partial charge in [-0.1, -0.05) is 43.0 Å². The number of benzene rings is 2. The van der Waals surface area contributed by atoms with Crippen molar-refractivity contribution in [1.82, 2.24) is 0 Å². The van der Waals surface area contributed by atoms with Crippen LogP contribution in [-0.4, -0.2) is 12.8 Å². The van der Waals surface area contributed by atoms with Gasteiger partial charge in [0.25, 0.3) is 0 Å². The molecule has 0 unspecified atom stereocenters. The van der Waals surface area contributed by atoms with Crippen LogP contribution < -0.4 is 4.74 Å². The van der Waals surface area contributed by atoms with Gasteiger partial charge in [0.1, 0.15) is 12.4 Å². The van der Waals surface area contributed by atoms with E-state index in [0.717, 1.165) is 17.0 Å². The molecule has 0 fully saturated rings. The molecule has 0 amide bonds. The van der Waals surface area contributed by atoms with Crippen molar-refractivity contribution in [2.24, 2.45) is 4.99 Å². The van der Waals surface area contributed by atoms with E-state index in [1.165, 1.54) is 0 Å². The lowest BCUT2D eigenvalue weighted by atomic mass is 10.2. The van der Waals surface area contributed by atoms with E-state index >= 15 is 0 Å². The van der Waals surface area contributed by atoms with Crippen LogP contribution in [0, 0.1) is 0 Å². The molecule has 0 aliphatic carbocycles.